The Hall–Kier alpha value is -0.870. The first-order valence-corrected chi connectivity index (χ1v) is 6.77. The van der Waals surface area contributed by atoms with E-state index in [1.165, 1.54) is 12.8 Å². The number of aliphatic hydroxyl groups is 1. The molecule has 18 heavy (non-hydrogen) atoms. The SMILES string of the molecule is CC1=CC(N2CCCC2)C(O)C(C)(C)CC1=NO. The van der Waals surface area contributed by atoms with Gasteiger partial charge in [-0.1, -0.05) is 25.1 Å². The molecule has 4 nitrogen and oxygen atoms in total. The average molecular weight is 252 g/mol. The Morgan fingerprint density at radius 3 is 2.50 bits per heavy atom. The van der Waals surface area contributed by atoms with E-state index in [4.69, 9.17) is 5.21 Å². The summed E-state index contributed by atoms with van der Waals surface area (Å²) in [6.07, 6.45) is 4.66. The van der Waals surface area contributed by atoms with E-state index in [1.807, 2.05) is 20.8 Å². The van der Waals surface area contributed by atoms with Crippen LogP contribution in [0.5, 0.6) is 0 Å². The van der Waals surface area contributed by atoms with Gasteiger partial charge in [0.2, 0.25) is 0 Å². The number of allylic oxidation sites excluding steroid dienone is 1. The van der Waals surface area contributed by atoms with Crippen LogP contribution >= 0.6 is 0 Å². The van der Waals surface area contributed by atoms with Crippen molar-refractivity contribution >= 4 is 5.71 Å². The van der Waals surface area contributed by atoms with E-state index in [2.05, 4.69) is 16.1 Å². The predicted octanol–water partition coefficient (Wildman–Crippen LogP) is 2.02. The molecule has 0 aromatic rings. The number of hydrogen-bond acceptors (Lipinski definition) is 4. The quantitative estimate of drug-likeness (QED) is 0.554. The zero-order valence-corrected chi connectivity index (χ0v) is 11.6. The molecular formula is C14H24N2O2. The lowest BCUT2D eigenvalue weighted by Crippen LogP contribution is -2.47. The first-order chi connectivity index (χ1) is 8.45. The fourth-order valence-corrected chi connectivity index (χ4v) is 3.04. The third-order valence-corrected chi connectivity index (χ3v) is 4.31. The summed E-state index contributed by atoms with van der Waals surface area (Å²) in [5.74, 6) is 0. The number of rotatable bonds is 1. The second-order valence-electron chi connectivity index (χ2n) is 6.24. The summed E-state index contributed by atoms with van der Waals surface area (Å²) < 4.78 is 0. The van der Waals surface area contributed by atoms with Crippen LogP contribution < -0.4 is 0 Å². The van der Waals surface area contributed by atoms with Crippen LogP contribution in [-0.2, 0) is 0 Å². The van der Waals surface area contributed by atoms with Gasteiger partial charge in [0.15, 0.2) is 0 Å². The Morgan fingerprint density at radius 1 is 1.33 bits per heavy atom. The zero-order chi connectivity index (χ0) is 13.3. The number of likely N-dealkylation sites (tertiary alicyclic amines) is 1. The predicted molar refractivity (Wildman–Crippen MR) is 72.0 cm³/mol. The van der Waals surface area contributed by atoms with E-state index >= 15 is 0 Å². The van der Waals surface area contributed by atoms with Gasteiger partial charge < -0.3 is 10.3 Å². The van der Waals surface area contributed by atoms with Crippen molar-refractivity contribution in [1.29, 1.82) is 0 Å². The highest BCUT2D eigenvalue weighted by molar-refractivity contribution is 6.00. The monoisotopic (exact) mass is 252 g/mol. The van der Waals surface area contributed by atoms with Gasteiger partial charge in [-0.2, -0.15) is 0 Å². The summed E-state index contributed by atoms with van der Waals surface area (Å²) in [6, 6.07) is 0.0433. The van der Waals surface area contributed by atoms with E-state index in [9.17, 15) is 5.11 Å². The molecule has 2 unspecified atom stereocenters. The fraction of sp³-hybridized carbons (Fsp3) is 0.786. The summed E-state index contributed by atoms with van der Waals surface area (Å²) >= 11 is 0. The number of aliphatic hydroxyl groups excluding tert-OH is 1. The van der Waals surface area contributed by atoms with Crippen LogP contribution in [0.3, 0.4) is 0 Å². The average Bonchev–Trinajstić information content (AvgIpc) is 2.82. The van der Waals surface area contributed by atoms with E-state index < -0.39 is 6.10 Å². The molecule has 1 heterocycles. The first kappa shape index (κ1) is 13.6. The fourth-order valence-electron chi connectivity index (χ4n) is 3.04. The highest BCUT2D eigenvalue weighted by Gasteiger charge is 2.40. The van der Waals surface area contributed by atoms with Crippen molar-refractivity contribution in [3.8, 4) is 0 Å². The summed E-state index contributed by atoms with van der Waals surface area (Å²) in [4.78, 5) is 2.34. The van der Waals surface area contributed by atoms with Crippen molar-refractivity contribution in [3.05, 3.63) is 11.6 Å². The topological polar surface area (TPSA) is 56.1 Å². The second-order valence-corrected chi connectivity index (χ2v) is 6.24. The van der Waals surface area contributed by atoms with Crippen molar-refractivity contribution in [2.24, 2.45) is 10.6 Å². The maximum absolute atomic E-state index is 10.6. The van der Waals surface area contributed by atoms with Crippen LogP contribution in [0.2, 0.25) is 0 Å². The normalized spacial score (nSPS) is 35.6. The van der Waals surface area contributed by atoms with Gasteiger partial charge in [-0.15, -0.1) is 0 Å². The van der Waals surface area contributed by atoms with Gasteiger partial charge in [0.1, 0.15) is 0 Å². The van der Waals surface area contributed by atoms with Gasteiger partial charge in [0.25, 0.3) is 0 Å². The van der Waals surface area contributed by atoms with Crippen molar-refractivity contribution in [3.63, 3.8) is 0 Å². The highest BCUT2D eigenvalue weighted by atomic mass is 16.4. The lowest BCUT2D eigenvalue weighted by atomic mass is 9.79. The van der Waals surface area contributed by atoms with Crippen molar-refractivity contribution in [2.75, 3.05) is 13.1 Å². The molecule has 2 N–H and O–H groups in total. The van der Waals surface area contributed by atoms with Crippen molar-refractivity contribution in [2.45, 2.75) is 52.2 Å². The van der Waals surface area contributed by atoms with Crippen LogP contribution in [0.15, 0.2) is 16.8 Å². The third-order valence-electron chi connectivity index (χ3n) is 4.31. The second kappa shape index (κ2) is 5.02. The third kappa shape index (κ3) is 2.45. The minimum absolute atomic E-state index is 0.0433. The van der Waals surface area contributed by atoms with E-state index in [0.717, 1.165) is 18.7 Å². The Kier molecular flexibility index (Phi) is 3.78. The largest absolute Gasteiger partial charge is 0.411 e. The molecule has 1 saturated heterocycles. The zero-order valence-electron chi connectivity index (χ0n) is 11.6. The minimum atomic E-state index is -0.426. The molecule has 1 aliphatic carbocycles. The van der Waals surface area contributed by atoms with E-state index in [0.29, 0.717) is 12.1 Å². The molecular weight excluding hydrogens is 228 g/mol. The molecule has 1 aliphatic heterocycles. The maximum Gasteiger partial charge on any atom is 0.0828 e. The van der Waals surface area contributed by atoms with Gasteiger partial charge in [0.05, 0.1) is 17.9 Å². The standard InChI is InChI=1S/C14H24N2O2/c1-10-8-12(16-6-4-5-7-16)13(17)14(2,3)9-11(10)15-18/h8,12-13,17-18H,4-7,9H2,1-3H3. The summed E-state index contributed by atoms with van der Waals surface area (Å²) in [6.45, 7) is 8.14. The number of nitrogens with zero attached hydrogens (tertiary/aromatic N) is 2. The Labute approximate surface area is 109 Å². The molecule has 1 fully saturated rings. The van der Waals surface area contributed by atoms with Gasteiger partial charge in [0, 0.05) is 6.42 Å². The minimum Gasteiger partial charge on any atom is -0.411 e. The van der Waals surface area contributed by atoms with Gasteiger partial charge in [-0.25, -0.2) is 0 Å². The Bertz CT molecular complexity index is 368. The summed E-state index contributed by atoms with van der Waals surface area (Å²) in [5, 5.41) is 23.2. The lowest BCUT2D eigenvalue weighted by molar-refractivity contribution is 0.00136. The Morgan fingerprint density at radius 2 is 1.94 bits per heavy atom. The lowest BCUT2D eigenvalue weighted by Gasteiger charge is -2.37. The molecule has 0 aromatic heterocycles. The molecule has 102 valence electrons. The molecule has 0 amide bonds. The van der Waals surface area contributed by atoms with Crippen LogP contribution in [-0.4, -0.2) is 46.2 Å². The van der Waals surface area contributed by atoms with Gasteiger partial charge in [-0.05, 0) is 43.8 Å². The molecule has 0 radical (unpaired) electrons. The Balaban J connectivity index is 2.33. The van der Waals surface area contributed by atoms with Crippen LogP contribution in [0.4, 0.5) is 0 Å². The molecule has 2 aliphatic rings. The molecule has 4 heteroatoms. The van der Waals surface area contributed by atoms with Crippen molar-refractivity contribution in [1.82, 2.24) is 4.90 Å². The van der Waals surface area contributed by atoms with Crippen LogP contribution in [0, 0.1) is 5.41 Å². The molecule has 2 atom stereocenters. The van der Waals surface area contributed by atoms with E-state index in [-0.39, 0.29) is 11.5 Å². The molecule has 0 spiro atoms. The number of oxime groups is 1. The summed E-state index contributed by atoms with van der Waals surface area (Å²) in [7, 11) is 0. The van der Waals surface area contributed by atoms with Gasteiger partial charge in [-0.3, -0.25) is 4.90 Å². The van der Waals surface area contributed by atoms with Crippen LogP contribution in [0.25, 0.3) is 0 Å². The smallest absolute Gasteiger partial charge is 0.0828 e. The van der Waals surface area contributed by atoms with Crippen molar-refractivity contribution < 1.29 is 10.3 Å². The van der Waals surface area contributed by atoms with E-state index in [1.54, 1.807) is 0 Å². The molecule has 0 bridgehead atoms. The highest BCUT2D eigenvalue weighted by Crippen LogP contribution is 2.35. The molecule has 0 aromatic carbocycles. The van der Waals surface area contributed by atoms with Crippen LogP contribution in [0.1, 0.15) is 40.0 Å². The number of hydrogen-bond donors (Lipinski definition) is 2. The summed E-state index contributed by atoms with van der Waals surface area (Å²) in [5.41, 5.74) is 1.41. The molecule has 2 rings (SSSR count). The maximum atomic E-state index is 10.6. The molecule has 0 saturated carbocycles. The first-order valence-electron chi connectivity index (χ1n) is 6.77. The van der Waals surface area contributed by atoms with Gasteiger partial charge >= 0.3 is 0 Å².